The van der Waals surface area contributed by atoms with Crippen LogP contribution in [-0.2, 0) is 34.2 Å². The molecule has 0 bridgehead atoms. The number of carbonyl (C=O) groups excluding carboxylic acids is 1. The van der Waals surface area contributed by atoms with Gasteiger partial charge in [-0.15, -0.1) is 0 Å². The Balaban J connectivity index is 2.18. The summed E-state index contributed by atoms with van der Waals surface area (Å²) in [6.45, 7) is 0.312. The Hall–Kier alpha value is -2.71. The van der Waals surface area contributed by atoms with Crippen molar-refractivity contribution >= 4 is 5.97 Å². The number of methoxy groups -OCH3 is 1. The van der Waals surface area contributed by atoms with E-state index >= 15 is 0 Å². The monoisotopic (exact) mass is 352 g/mol. The maximum atomic E-state index is 14.0. The number of fused-ring (bicyclic) bond motifs is 2. The van der Waals surface area contributed by atoms with Gasteiger partial charge in [-0.25, -0.2) is 4.39 Å². The quantitative estimate of drug-likeness (QED) is 0.859. The third-order valence-corrected chi connectivity index (χ3v) is 5.11. The number of nitrogens with two attached hydrogens (primary N) is 1. The molecule has 0 aromatic heterocycles. The van der Waals surface area contributed by atoms with Gasteiger partial charge in [0.25, 0.3) is 0 Å². The van der Waals surface area contributed by atoms with E-state index < -0.39 is 5.41 Å². The number of esters is 1. The molecule has 0 saturated carbocycles. The Morgan fingerprint density at radius 1 is 1.23 bits per heavy atom. The summed E-state index contributed by atoms with van der Waals surface area (Å²) in [5, 5.41) is 10.1. The fourth-order valence-electron chi connectivity index (χ4n) is 3.86. The first-order chi connectivity index (χ1) is 12.5. The van der Waals surface area contributed by atoms with Gasteiger partial charge in [0.1, 0.15) is 11.2 Å². The molecule has 1 aliphatic carbocycles. The van der Waals surface area contributed by atoms with Gasteiger partial charge in [-0.2, -0.15) is 5.26 Å². The zero-order valence-corrected chi connectivity index (χ0v) is 14.7. The average Bonchev–Trinajstić information content (AvgIpc) is 2.77. The number of hydrogen-bond donors (Lipinski definition) is 1. The molecular formula is C21H21FN2O2. The minimum atomic E-state index is -0.984. The Labute approximate surface area is 152 Å². The van der Waals surface area contributed by atoms with Crippen LogP contribution in [0.4, 0.5) is 4.39 Å². The van der Waals surface area contributed by atoms with Crippen LogP contribution >= 0.6 is 0 Å². The Morgan fingerprint density at radius 2 is 2.00 bits per heavy atom. The molecule has 0 fully saturated rings. The van der Waals surface area contributed by atoms with E-state index in [-0.39, 0.29) is 18.2 Å². The molecule has 5 heteroatoms. The summed E-state index contributed by atoms with van der Waals surface area (Å²) in [5.41, 5.74) is 9.20. The summed E-state index contributed by atoms with van der Waals surface area (Å²) >= 11 is 0. The number of benzene rings is 2. The van der Waals surface area contributed by atoms with Crippen LogP contribution in [0.3, 0.4) is 0 Å². The molecular weight excluding hydrogens is 331 g/mol. The highest BCUT2D eigenvalue weighted by atomic mass is 19.1. The number of hydrogen-bond acceptors (Lipinski definition) is 4. The molecule has 1 aliphatic rings. The van der Waals surface area contributed by atoms with Gasteiger partial charge in [-0.1, -0.05) is 24.3 Å². The Morgan fingerprint density at radius 3 is 2.69 bits per heavy atom. The second kappa shape index (κ2) is 7.27. The topological polar surface area (TPSA) is 76.1 Å². The molecule has 0 spiro atoms. The van der Waals surface area contributed by atoms with E-state index in [2.05, 4.69) is 6.07 Å². The molecule has 2 aromatic carbocycles. The molecule has 26 heavy (non-hydrogen) atoms. The summed E-state index contributed by atoms with van der Waals surface area (Å²) in [6, 6.07) is 12.8. The summed E-state index contributed by atoms with van der Waals surface area (Å²) in [6.07, 6.45) is 2.01. The molecule has 3 rings (SSSR count). The molecule has 0 radical (unpaired) electrons. The van der Waals surface area contributed by atoms with Crippen molar-refractivity contribution in [2.75, 3.05) is 13.7 Å². The van der Waals surface area contributed by atoms with Crippen molar-refractivity contribution < 1.29 is 13.9 Å². The number of aryl methyl sites for hydroxylation is 2. The molecule has 0 heterocycles. The minimum Gasteiger partial charge on any atom is -0.469 e. The lowest BCUT2D eigenvalue weighted by molar-refractivity contribution is -0.139. The van der Waals surface area contributed by atoms with Crippen LogP contribution < -0.4 is 5.73 Å². The van der Waals surface area contributed by atoms with Crippen LogP contribution in [0.25, 0.3) is 0 Å². The van der Waals surface area contributed by atoms with Gasteiger partial charge in [-0.3, -0.25) is 4.79 Å². The van der Waals surface area contributed by atoms with Gasteiger partial charge < -0.3 is 10.5 Å². The fraction of sp³-hybridized carbons (Fsp3) is 0.333. The van der Waals surface area contributed by atoms with Crippen LogP contribution in [-0.4, -0.2) is 19.6 Å². The zero-order valence-electron chi connectivity index (χ0n) is 14.7. The van der Waals surface area contributed by atoms with Crippen molar-refractivity contribution in [3.05, 3.63) is 70.0 Å². The normalized spacial score (nSPS) is 18.2. The number of halogens is 1. The fourth-order valence-corrected chi connectivity index (χ4v) is 3.86. The Bertz CT molecular complexity index is 888. The van der Waals surface area contributed by atoms with E-state index in [1.54, 1.807) is 6.07 Å². The molecule has 0 aliphatic heterocycles. The van der Waals surface area contributed by atoms with Gasteiger partial charge in [0.15, 0.2) is 0 Å². The SMILES string of the molecule is COC(=O)Cc1ccc2c(c1)CCc1ccc(F)cc1C2(C#N)CCN. The lowest BCUT2D eigenvalue weighted by Crippen LogP contribution is -2.30. The molecule has 134 valence electrons. The van der Waals surface area contributed by atoms with Crippen molar-refractivity contribution in [1.29, 1.82) is 5.26 Å². The molecule has 0 saturated heterocycles. The minimum absolute atomic E-state index is 0.182. The first-order valence-corrected chi connectivity index (χ1v) is 8.63. The third-order valence-electron chi connectivity index (χ3n) is 5.11. The first-order valence-electron chi connectivity index (χ1n) is 8.63. The number of carbonyl (C=O) groups is 1. The van der Waals surface area contributed by atoms with Crippen molar-refractivity contribution in [1.82, 2.24) is 0 Å². The molecule has 2 aromatic rings. The van der Waals surface area contributed by atoms with E-state index in [4.69, 9.17) is 10.5 Å². The highest BCUT2D eigenvalue weighted by Crippen LogP contribution is 2.42. The van der Waals surface area contributed by atoms with Crippen LogP contribution in [0.1, 0.15) is 34.2 Å². The van der Waals surface area contributed by atoms with Crippen molar-refractivity contribution in [2.24, 2.45) is 5.73 Å². The van der Waals surface area contributed by atoms with Gasteiger partial charge in [0.05, 0.1) is 19.6 Å². The number of rotatable bonds is 4. The number of nitriles is 1. The van der Waals surface area contributed by atoms with E-state index in [9.17, 15) is 14.4 Å². The number of ether oxygens (including phenoxy) is 1. The van der Waals surface area contributed by atoms with Crippen molar-refractivity contribution in [2.45, 2.75) is 31.1 Å². The third kappa shape index (κ3) is 3.09. The van der Waals surface area contributed by atoms with Crippen molar-refractivity contribution in [3.8, 4) is 6.07 Å². The van der Waals surface area contributed by atoms with Gasteiger partial charge >= 0.3 is 5.97 Å². The van der Waals surface area contributed by atoms with Crippen LogP contribution in [0, 0.1) is 17.1 Å². The molecule has 0 amide bonds. The van der Waals surface area contributed by atoms with E-state index in [1.807, 2.05) is 18.2 Å². The van der Waals surface area contributed by atoms with Crippen LogP contribution in [0.15, 0.2) is 36.4 Å². The Kier molecular flexibility index (Phi) is 5.06. The van der Waals surface area contributed by atoms with E-state index in [1.165, 1.54) is 19.2 Å². The highest BCUT2D eigenvalue weighted by molar-refractivity contribution is 5.72. The lowest BCUT2D eigenvalue weighted by atomic mass is 9.71. The standard InChI is InChI=1S/C21H21FN2O2/c1-26-20(25)11-14-2-7-18-16(10-14)4-3-15-5-6-17(22)12-19(15)21(18,13-24)8-9-23/h2,5-7,10,12H,3-4,8-9,11,23H2,1H3. The molecule has 4 nitrogen and oxygen atoms in total. The predicted molar refractivity (Wildman–Crippen MR) is 96.0 cm³/mol. The predicted octanol–water partition coefficient (Wildman–Crippen LogP) is 2.80. The van der Waals surface area contributed by atoms with Gasteiger partial charge in [-0.05, 0) is 65.8 Å². The van der Waals surface area contributed by atoms with Crippen LogP contribution in [0.2, 0.25) is 0 Å². The smallest absolute Gasteiger partial charge is 0.309 e. The summed E-state index contributed by atoms with van der Waals surface area (Å²) in [5.74, 6) is -0.663. The highest BCUT2D eigenvalue weighted by Gasteiger charge is 2.39. The lowest BCUT2D eigenvalue weighted by Gasteiger charge is -2.29. The molecule has 1 unspecified atom stereocenters. The second-order valence-electron chi connectivity index (χ2n) is 6.60. The maximum Gasteiger partial charge on any atom is 0.309 e. The maximum absolute atomic E-state index is 14.0. The van der Waals surface area contributed by atoms with E-state index in [0.29, 0.717) is 24.9 Å². The number of nitrogens with zero attached hydrogens (tertiary/aromatic N) is 1. The van der Waals surface area contributed by atoms with Gasteiger partial charge in [0, 0.05) is 0 Å². The molecule has 2 N–H and O–H groups in total. The molecule has 1 atom stereocenters. The van der Waals surface area contributed by atoms with Crippen molar-refractivity contribution in [3.63, 3.8) is 0 Å². The van der Waals surface area contributed by atoms with E-state index in [0.717, 1.165) is 28.7 Å². The van der Waals surface area contributed by atoms with Gasteiger partial charge in [0.2, 0.25) is 0 Å². The average molecular weight is 352 g/mol. The first kappa shape index (κ1) is 18.1. The largest absolute Gasteiger partial charge is 0.469 e. The summed E-state index contributed by atoms with van der Waals surface area (Å²) in [7, 11) is 1.36. The zero-order chi connectivity index (χ0) is 18.7. The summed E-state index contributed by atoms with van der Waals surface area (Å²) < 4.78 is 18.7. The summed E-state index contributed by atoms with van der Waals surface area (Å²) in [4.78, 5) is 11.6. The van der Waals surface area contributed by atoms with Crippen LogP contribution in [0.5, 0.6) is 0 Å². The second-order valence-corrected chi connectivity index (χ2v) is 6.60.